The molecule has 1 aliphatic heterocycles. The van der Waals surface area contributed by atoms with Crippen LogP contribution in [0.4, 0.5) is 10.8 Å². The number of aromatic nitrogens is 1. The Morgan fingerprint density at radius 3 is 2.87 bits per heavy atom. The van der Waals surface area contributed by atoms with E-state index < -0.39 is 0 Å². The molecule has 30 heavy (non-hydrogen) atoms. The minimum absolute atomic E-state index is 0.00675. The number of hydrogen-bond acceptors (Lipinski definition) is 5. The molecule has 1 amide bonds. The Hall–Kier alpha value is -1.83. The van der Waals surface area contributed by atoms with E-state index in [2.05, 4.69) is 26.1 Å². The normalized spacial score (nSPS) is 14.9. The largest absolute Gasteiger partial charge is 0.493 e. The van der Waals surface area contributed by atoms with Crippen LogP contribution in [0, 0.1) is 12.8 Å². The van der Waals surface area contributed by atoms with Gasteiger partial charge in [-0.1, -0.05) is 29.0 Å². The van der Waals surface area contributed by atoms with Crippen molar-refractivity contribution in [3.8, 4) is 5.75 Å². The lowest BCUT2D eigenvalue weighted by atomic mass is 9.96. The van der Waals surface area contributed by atoms with Crippen molar-refractivity contribution in [3.63, 3.8) is 0 Å². The Labute approximate surface area is 193 Å². The van der Waals surface area contributed by atoms with Gasteiger partial charge in [-0.25, -0.2) is 4.98 Å². The van der Waals surface area contributed by atoms with Gasteiger partial charge in [-0.3, -0.25) is 4.79 Å². The number of thiazole rings is 1. The zero-order valence-corrected chi connectivity index (χ0v) is 20.0. The molecule has 0 saturated carbocycles. The number of ether oxygens (including phenoxy) is 1. The molecule has 4 rings (SSSR count). The summed E-state index contributed by atoms with van der Waals surface area (Å²) in [5.41, 5.74) is 2.65. The molecule has 8 heteroatoms. The summed E-state index contributed by atoms with van der Waals surface area (Å²) in [6, 6.07) is 9.63. The third-order valence-electron chi connectivity index (χ3n) is 5.39. The van der Waals surface area contributed by atoms with Crippen molar-refractivity contribution in [1.82, 2.24) is 4.98 Å². The van der Waals surface area contributed by atoms with Crippen LogP contribution >= 0.6 is 38.9 Å². The average Bonchev–Trinajstić information content (AvgIpc) is 3.14. The molecule has 2 heterocycles. The predicted molar refractivity (Wildman–Crippen MR) is 128 cm³/mol. The maximum Gasteiger partial charge on any atom is 0.227 e. The highest BCUT2D eigenvalue weighted by Crippen LogP contribution is 2.37. The minimum atomic E-state index is -0.00675. The third-order valence-corrected chi connectivity index (χ3v) is 7.50. The Kier molecular flexibility index (Phi) is 6.51. The highest BCUT2D eigenvalue weighted by atomic mass is 79.9. The fourth-order valence-electron chi connectivity index (χ4n) is 3.63. The predicted octanol–water partition coefficient (Wildman–Crippen LogP) is 6.27. The van der Waals surface area contributed by atoms with Crippen molar-refractivity contribution in [2.24, 2.45) is 5.92 Å². The first kappa shape index (κ1) is 21.4. The summed E-state index contributed by atoms with van der Waals surface area (Å²) in [7, 11) is 0. The first-order chi connectivity index (χ1) is 14.5. The number of carbonyl (C=O) groups excluding carboxylic acids is 1. The van der Waals surface area contributed by atoms with Crippen LogP contribution in [-0.2, 0) is 4.79 Å². The van der Waals surface area contributed by atoms with Crippen LogP contribution in [0.2, 0.25) is 5.02 Å². The molecule has 0 atom stereocenters. The number of halogens is 2. The Morgan fingerprint density at radius 1 is 1.37 bits per heavy atom. The quantitative estimate of drug-likeness (QED) is 0.441. The van der Waals surface area contributed by atoms with Crippen LogP contribution in [0.5, 0.6) is 5.75 Å². The summed E-state index contributed by atoms with van der Waals surface area (Å²) in [6.07, 6.45) is 1.60. The standard InChI is InChI=1S/C22H23BrClN3O2S/c1-3-29-19-12-20-18(11-15(19)23)26-22(30-20)27-9-7-14(8-10-27)21(28)25-17-6-4-5-16(24)13(17)2/h4-6,11-12,14H,3,7-10H2,1-2H3,(H,25,28). The number of amides is 1. The van der Waals surface area contributed by atoms with Gasteiger partial charge in [-0.15, -0.1) is 0 Å². The van der Waals surface area contributed by atoms with Crippen LogP contribution in [0.25, 0.3) is 10.2 Å². The van der Waals surface area contributed by atoms with E-state index in [0.717, 1.165) is 62.8 Å². The molecule has 3 aromatic rings. The smallest absolute Gasteiger partial charge is 0.227 e. The first-order valence-electron chi connectivity index (χ1n) is 10.00. The topological polar surface area (TPSA) is 54.5 Å². The zero-order chi connectivity index (χ0) is 21.3. The SMILES string of the molecule is CCOc1cc2sc(N3CCC(C(=O)Nc4cccc(Cl)c4C)CC3)nc2cc1Br. The number of fused-ring (bicyclic) bond motifs is 1. The third kappa shape index (κ3) is 4.43. The molecule has 0 aliphatic carbocycles. The molecule has 2 aromatic carbocycles. The van der Waals surface area contributed by atoms with Crippen molar-refractivity contribution < 1.29 is 9.53 Å². The molecule has 5 nitrogen and oxygen atoms in total. The molecule has 0 spiro atoms. The summed E-state index contributed by atoms with van der Waals surface area (Å²) in [4.78, 5) is 19.8. The van der Waals surface area contributed by atoms with Crippen molar-refractivity contribution in [2.45, 2.75) is 26.7 Å². The summed E-state index contributed by atoms with van der Waals surface area (Å²) in [5, 5.41) is 4.71. The molecule has 1 saturated heterocycles. The summed E-state index contributed by atoms with van der Waals surface area (Å²) in [5.74, 6) is 0.897. The highest BCUT2D eigenvalue weighted by molar-refractivity contribution is 9.10. The van der Waals surface area contributed by atoms with E-state index in [-0.39, 0.29) is 11.8 Å². The second kappa shape index (κ2) is 9.12. The maximum absolute atomic E-state index is 12.7. The number of rotatable bonds is 5. The van der Waals surface area contributed by atoms with Crippen LogP contribution in [-0.4, -0.2) is 30.6 Å². The van der Waals surface area contributed by atoms with Gasteiger partial charge in [-0.05, 0) is 66.4 Å². The first-order valence-corrected chi connectivity index (χ1v) is 12.0. The molecule has 1 N–H and O–H groups in total. The van der Waals surface area contributed by atoms with Crippen LogP contribution in [0.15, 0.2) is 34.8 Å². The van der Waals surface area contributed by atoms with E-state index in [9.17, 15) is 4.79 Å². The van der Waals surface area contributed by atoms with E-state index in [1.165, 1.54) is 0 Å². The van der Waals surface area contributed by atoms with E-state index in [1.807, 2.05) is 44.2 Å². The van der Waals surface area contributed by atoms with Crippen molar-refractivity contribution in [3.05, 3.63) is 45.4 Å². The number of benzene rings is 2. The monoisotopic (exact) mass is 507 g/mol. The van der Waals surface area contributed by atoms with Gasteiger partial charge in [0.2, 0.25) is 5.91 Å². The van der Waals surface area contributed by atoms with Crippen LogP contribution < -0.4 is 15.0 Å². The van der Waals surface area contributed by atoms with E-state index in [1.54, 1.807) is 11.3 Å². The van der Waals surface area contributed by atoms with Gasteiger partial charge in [0.15, 0.2) is 5.13 Å². The fraction of sp³-hybridized carbons (Fsp3) is 0.364. The summed E-state index contributed by atoms with van der Waals surface area (Å²) in [6.45, 7) is 6.14. The van der Waals surface area contributed by atoms with Crippen molar-refractivity contribution >= 4 is 65.8 Å². The van der Waals surface area contributed by atoms with Gasteiger partial charge < -0.3 is 15.0 Å². The van der Waals surface area contributed by atoms with Gasteiger partial charge in [0.1, 0.15) is 5.75 Å². The Balaban J connectivity index is 1.41. The molecular formula is C22H23BrClN3O2S. The van der Waals surface area contributed by atoms with Crippen LogP contribution in [0.3, 0.4) is 0 Å². The van der Waals surface area contributed by atoms with E-state index in [0.29, 0.717) is 11.6 Å². The molecular weight excluding hydrogens is 486 g/mol. The lowest BCUT2D eigenvalue weighted by Gasteiger charge is -2.31. The molecule has 1 fully saturated rings. The number of carbonyl (C=O) groups is 1. The molecule has 1 aliphatic rings. The maximum atomic E-state index is 12.7. The fourth-order valence-corrected chi connectivity index (χ4v) is 5.28. The summed E-state index contributed by atoms with van der Waals surface area (Å²) >= 11 is 11.4. The number of hydrogen-bond donors (Lipinski definition) is 1. The molecule has 0 unspecified atom stereocenters. The van der Waals surface area contributed by atoms with E-state index >= 15 is 0 Å². The zero-order valence-electron chi connectivity index (χ0n) is 16.9. The number of nitrogens with zero attached hydrogens (tertiary/aromatic N) is 2. The molecule has 1 aromatic heterocycles. The summed E-state index contributed by atoms with van der Waals surface area (Å²) < 4.78 is 7.69. The highest BCUT2D eigenvalue weighted by Gasteiger charge is 2.27. The van der Waals surface area contributed by atoms with Crippen molar-refractivity contribution in [2.75, 3.05) is 29.9 Å². The second-order valence-corrected chi connectivity index (χ2v) is 9.61. The number of nitrogens with one attached hydrogen (secondary N) is 1. The lowest BCUT2D eigenvalue weighted by molar-refractivity contribution is -0.120. The van der Waals surface area contributed by atoms with E-state index in [4.69, 9.17) is 21.3 Å². The minimum Gasteiger partial charge on any atom is -0.493 e. The molecule has 0 bridgehead atoms. The Bertz CT molecular complexity index is 1080. The number of piperidine rings is 1. The van der Waals surface area contributed by atoms with Gasteiger partial charge in [0.25, 0.3) is 0 Å². The molecule has 158 valence electrons. The van der Waals surface area contributed by atoms with Crippen LogP contribution in [0.1, 0.15) is 25.3 Å². The van der Waals surface area contributed by atoms with Gasteiger partial charge in [-0.2, -0.15) is 0 Å². The van der Waals surface area contributed by atoms with Crippen molar-refractivity contribution in [1.29, 1.82) is 0 Å². The molecule has 0 radical (unpaired) electrons. The van der Waals surface area contributed by atoms with Gasteiger partial charge in [0.05, 0.1) is 21.3 Å². The second-order valence-electron chi connectivity index (χ2n) is 7.34. The lowest BCUT2D eigenvalue weighted by Crippen LogP contribution is -2.38. The average molecular weight is 509 g/mol. The Morgan fingerprint density at radius 2 is 2.13 bits per heavy atom. The van der Waals surface area contributed by atoms with Gasteiger partial charge in [0, 0.05) is 35.8 Å². The van der Waals surface area contributed by atoms with Gasteiger partial charge >= 0.3 is 0 Å². The number of anilines is 2.